The minimum atomic E-state index is -0.843. The van der Waals surface area contributed by atoms with E-state index >= 15 is 0 Å². The summed E-state index contributed by atoms with van der Waals surface area (Å²) in [6.45, 7) is 4.32. The topological polar surface area (TPSA) is 107 Å². The first-order chi connectivity index (χ1) is 15.2. The van der Waals surface area contributed by atoms with E-state index in [2.05, 4.69) is 5.32 Å². The third kappa shape index (κ3) is 5.12. The largest absolute Gasteiger partial charge is 0.340 e. The lowest BCUT2D eigenvalue weighted by molar-refractivity contribution is -0.147. The molecule has 2 aliphatic heterocycles. The normalized spacial score (nSPS) is 17.7. The number of benzene rings is 1. The van der Waals surface area contributed by atoms with Gasteiger partial charge >= 0.3 is 0 Å². The monoisotopic (exact) mass is 446 g/mol. The third-order valence-electron chi connectivity index (χ3n) is 5.73. The molecular weight excluding hydrogens is 419 g/mol. The second-order valence-electron chi connectivity index (χ2n) is 8.25. The number of carbonyl (C=O) groups is 5. The summed E-state index contributed by atoms with van der Waals surface area (Å²) < 4.78 is 13.9. The molecule has 0 bridgehead atoms. The van der Waals surface area contributed by atoms with Crippen LogP contribution in [0.5, 0.6) is 0 Å². The number of nitrogens with zero attached hydrogens (tertiary/aromatic N) is 3. The number of hydrogen-bond acceptors (Lipinski definition) is 5. The van der Waals surface area contributed by atoms with Crippen LogP contribution in [0.25, 0.3) is 0 Å². The maximum absolute atomic E-state index is 13.9. The summed E-state index contributed by atoms with van der Waals surface area (Å²) in [5.41, 5.74) is -0.132. The van der Waals surface area contributed by atoms with Crippen molar-refractivity contribution in [3.63, 3.8) is 0 Å². The summed E-state index contributed by atoms with van der Waals surface area (Å²) in [7, 11) is 0. The fourth-order valence-corrected chi connectivity index (χ4v) is 3.79. The van der Waals surface area contributed by atoms with E-state index in [-0.39, 0.29) is 80.7 Å². The number of nitrogens with one attached hydrogen (secondary N) is 1. The van der Waals surface area contributed by atoms with Crippen molar-refractivity contribution in [2.24, 2.45) is 5.92 Å². The lowest BCUT2D eigenvalue weighted by atomic mass is 10.0. The summed E-state index contributed by atoms with van der Waals surface area (Å²) in [4.78, 5) is 65.5. The van der Waals surface area contributed by atoms with Crippen LogP contribution in [0.15, 0.2) is 24.3 Å². The van der Waals surface area contributed by atoms with Gasteiger partial charge in [0, 0.05) is 39.0 Å². The fourth-order valence-electron chi connectivity index (χ4n) is 3.79. The van der Waals surface area contributed by atoms with Gasteiger partial charge in [0.05, 0.1) is 5.56 Å². The highest BCUT2D eigenvalue weighted by Gasteiger charge is 2.35. The van der Waals surface area contributed by atoms with Crippen molar-refractivity contribution in [1.29, 1.82) is 0 Å². The highest BCUT2D eigenvalue weighted by molar-refractivity contribution is 6.04. The standard InChI is InChI=1S/C22H27FN4O5/c1-14(2)20(24-21(31)15-5-3-4-6-16(15)23)22(32)26-11-9-25(10-12-26)19(30)13-27-17(28)7-8-18(27)29/h3-6,14,20H,7-13H2,1-2H3,(H,24,31). The number of halogens is 1. The molecule has 1 aromatic carbocycles. The van der Waals surface area contributed by atoms with Gasteiger partial charge in [-0.25, -0.2) is 4.39 Å². The number of piperazine rings is 1. The van der Waals surface area contributed by atoms with E-state index in [9.17, 15) is 28.4 Å². The molecule has 0 aromatic heterocycles. The number of carbonyl (C=O) groups excluding carboxylic acids is 5. The van der Waals surface area contributed by atoms with Gasteiger partial charge in [-0.3, -0.25) is 28.9 Å². The lowest BCUT2D eigenvalue weighted by Crippen LogP contribution is -2.58. The first-order valence-corrected chi connectivity index (χ1v) is 10.6. The molecule has 0 spiro atoms. The average Bonchev–Trinajstić information content (AvgIpc) is 3.09. The van der Waals surface area contributed by atoms with Crippen molar-refractivity contribution < 1.29 is 28.4 Å². The van der Waals surface area contributed by atoms with Gasteiger partial charge in [-0.15, -0.1) is 0 Å². The molecule has 0 aliphatic carbocycles. The molecule has 2 aliphatic rings. The maximum Gasteiger partial charge on any atom is 0.254 e. The van der Waals surface area contributed by atoms with Crippen molar-refractivity contribution in [2.75, 3.05) is 32.7 Å². The second-order valence-corrected chi connectivity index (χ2v) is 8.25. The van der Waals surface area contributed by atoms with Gasteiger partial charge in [0.25, 0.3) is 5.91 Å². The van der Waals surface area contributed by atoms with Gasteiger partial charge in [-0.05, 0) is 18.1 Å². The Morgan fingerprint density at radius 2 is 1.53 bits per heavy atom. The number of likely N-dealkylation sites (tertiary alicyclic amines) is 1. The molecule has 1 aromatic rings. The number of hydrogen-bond donors (Lipinski definition) is 1. The Labute approximate surface area is 185 Å². The third-order valence-corrected chi connectivity index (χ3v) is 5.73. The van der Waals surface area contributed by atoms with Crippen LogP contribution >= 0.6 is 0 Å². The molecule has 0 saturated carbocycles. The van der Waals surface area contributed by atoms with Crippen molar-refractivity contribution in [1.82, 2.24) is 20.0 Å². The molecule has 10 heteroatoms. The number of rotatable bonds is 6. The SMILES string of the molecule is CC(C)C(NC(=O)c1ccccc1F)C(=O)N1CCN(C(=O)CN2C(=O)CCC2=O)CC1. The molecule has 9 nitrogen and oxygen atoms in total. The molecule has 2 saturated heterocycles. The van der Waals surface area contributed by atoms with Crippen LogP contribution in [-0.2, 0) is 19.2 Å². The zero-order valence-electron chi connectivity index (χ0n) is 18.2. The first kappa shape index (κ1) is 23.4. The van der Waals surface area contributed by atoms with Gasteiger partial charge in [0.15, 0.2) is 0 Å². The highest BCUT2D eigenvalue weighted by atomic mass is 19.1. The Morgan fingerprint density at radius 1 is 0.969 bits per heavy atom. The van der Waals surface area contributed by atoms with E-state index in [1.54, 1.807) is 24.8 Å². The van der Waals surface area contributed by atoms with E-state index in [4.69, 9.17) is 0 Å². The molecule has 1 unspecified atom stereocenters. The Balaban J connectivity index is 1.57. The molecule has 32 heavy (non-hydrogen) atoms. The summed E-state index contributed by atoms with van der Waals surface area (Å²) in [5, 5.41) is 2.63. The summed E-state index contributed by atoms with van der Waals surface area (Å²) >= 11 is 0. The minimum absolute atomic E-state index is 0.129. The quantitative estimate of drug-likeness (QED) is 0.637. The van der Waals surface area contributed by atoms with E-state index in [1.165, 1.54) is 23.1 Å². The molecule has 5 amide bonds. The zero-order valence-corrected chi connectivity index (χ0v) is 18.2. The summed E-state index contributed by atoms with van der Waals surface area (Å²) in [6.07, 6.45) is 0.257. The number of imide groups is 1. The van der Waals surface area contributed by atoms with Crippen LogP contribution in [0.4, 0.5) is 4.39 Å². The molecule has 3 rings (SSSR count). The summed E-state index contributed by atoms with van der Waals surface area (Å²) in [5.74, 6) is -2.89. The fraction of sp³-hybridized carbons (Fsp3) is 0.500. The van der Waals surface area contributed by atoms with Gasteiger partial charge in [-0.1, -0.05) is 26.0 Å². The van der Waals surface area contributed by atoms with E-state index < -0.39 is 17.8 Å². The Bertz CT molecular complexity index is 911. The maximum atomic E-state index is 13.9. The van der Waals surface area contributed by atoms with Crippen LogP contribution in [0.3, 0.4) is 0 Å². The summed E-state index contributed by atoms with van der Waals surface area (Å²) in [6, 6.07) is 4.72. The Morgan fingerprint density at radius 3 is 2.09 bits per heavy atom. The van der Waals surface area contributed by atoms with Crippen molar-refractivity contribution in [2.45, 2.75) is 32.7 Å². The van der Waals surface area contributed by atoms with Crippen LogP contribution in [0.1, 0.15) is 37.0 Å². The van der Waals surface area contributed by atoms with Crippen LogP contribution in [0.2, 0.25) is 0 Å². The molecule has 0 radical (unpaired) electrons. The Hall–Kier alpha value is -3.30. The smallest absolute Gasteiger partial charge is 0.254 e. The van der Waals surface area contributed by atoms with E-state index in [1.807, 2.05) is 0 Å². The van der Waals surface area contributed by atoms with Crippen LogP contribution in [-0.4, -0.2) is 83.0 Å². The molecular formula is C22H27FN4O5. The van der Waals surface area contributed by atoms with Crippen LogP contribution in [0, 0.1) is 11.7 Å². The zero-order chi connectivity index (χ0) is 23.4. The minimum Gasteiger partial charge on any atom is -0.340 e. The Kier molecular flexibility index (Phi) is 7.22. The predicted octanol–water partition coefficient (Wildman–Crippen LogP) is 0.400. The highest BCUT2D eigenvalue weighted by Crippen LogP contribution is 2.15. The molecule has 1 atom stereocenters. The second kappa shape index (κ2) is 9.88. The van der Waals surface area contributed by atoms with Crippen molar-refractivity contribution in [3.8, 4) is 0 Å². The van der Waals surface area contributed by atoms with Gasteiger partial charge in [-0.2, -0.15) is 0 Å². The van der Waals surface area contributed by atoms with E-state index in [0.717, 1.165) is 4.90 Å². The van der Waals surface area contributed by atoms with Gasteiger partial charge in [0.2, 0.25) is 23.6 Å². The number of amides is 5. The van der Waals surface area contributed by atoms with Crippen LogP contribution < -0.4 is 5.32 Å². The molecule has 172 valence electrons. The average molecular weight is 446 g/mol. The van der Waals surface area contributed by atoms with Gasteiger partial charge < -0.3 is 15.1 Å². The molecule has 1 N–H and O–H groups in total. The van der Waals surface area contributed by atoms with Gasteiger partial charge in [0.1, 0.15) is 18.4 Å². The van der Waals surface area contributed by atoms with Crippen molar-refractivity contribution in [3.05, 3.63) is 35.6 Å². The first-order valence-electron chi connectivity index (χ1n) is 10.6. The molecule has 2 fully saturated rings. The molecule has 2 heterocycles. The van der Waals surface area contributed by atoms with E-state index in [0.29, 0.717) is 0 Å². The lowest BCUT2D eigenvalue weighted by Gasteiger charge is -2.37. The predicted molar refractivity (Wildman–Crippen MR) is 112 cm³/mol. The van der Waals surface area contributed by atoms with Crippen molar-refractivity contribution >= 4 is 29.5 Å².